The number of anilines is 1. The number of rotatable bonds is 6. The molecule has 2 aromatic carbocycles. The lowest BCUT2D eigenvalue weighted by atomic mass is 10.2. The van der Waals surface area contributed by atoms with Crippen molar-refractivity contribution in [3.8, 4) is 17.1 Å². The van der Waals surface area contributed by atoms with Gasteiger partial charge in [-0.2, -0.15) is 0 Å². The third-order valence-electron chi connectivity index (χ3n) is 5.46. The molecular weight excluding hydrogens is 427 g/mol. The maximum Gasteiger partial charge on any atom is 0.247 e. The molecule has 0 spiro atoms. The van der Waals surface area contributed by atoms with Crippen LogP contribution in [-0.4, -0.2) is 38.1 Å². The topological polar surface area (TPSA) is 72.9 Å². The molecule has 3 heterocycles. The van der Waals surface area contributed by atoms with Crippen LogP contribution in [0.3, 0.4) is 0 Å². The summed E-state index contributed by atoms with van der Waals surface area (Å²) in [5.74, 6) is 1.40. The van der Waals surface area contributed by atoms with E-state index in [1.54, 1.807) is 12.1 Å². The fourth-order valence-corrected chi connectivity index (χ4v) is 4.59. The van der Waals surface area contributed by atoms with E-state index in [2.05, 4.69) is 61.1 Å². The molecule has 1 saturated heterocycles. The normalized spacial score (nSPS) is 14.8. The average Bonchev–Trinajstić information content (AvgIpc) is 3.56. The van der Waals surface area contributed by atoms with E-state index in [-0.39, 0.29) is 11.1 Å². The number of hydrogen-bond acceptors (Lipinski definition) is 7. The van der Waals surface area contributed by atoms with Crippen LogP contribution in [0, 0.1) is 12.7 Å². The Balaban J connectivity index is 1.43. The lowest BCUT2D eigenvalue weighted by molar-refractivity contribution is 0.508. The van der Waals surface area contributed by atoms with Crippen molar-refractivity contribution in [1.82, 2.24) is 25.0 Å². The van der Waals surface area contributed by atoms with Gasteiger partial charge >= 0.3 is 0 Å². The maximum atomic E-state index is 13.2. The molecule has 1 aliphatic heterocycles. The molecule has 0 unspecified atom stereocenters. The van der Waals surface area contributed by atoms with E-state index in [1.807, 2.05) is 6.92 Å². The van der Waals surface area contributed by atoms with Gasteiger partial charge in [-0.25, -0.2) is 4.39 Å². The Bertz CT molecular complexity index is 1200. The molecule has 0 amide bonds. The minimum atomic E-state index is -0.304. The first-order chi connectivity index (χ1) is 15.6. The Labute approximate surface area is 189 Å². The first kappa shape index (κ1) is 20.7. The zero-order chi connectivity index (χ0) is 22.1. The highest BCUT2D eigenvalue weighted by molar-refractivity contribution is 7.99. The first-order valence-electron chi connectivity index (χ1n) is 10.6. The summed E-state index contributed by atoms with van der Waals surface area (Å²) in [5.41, 5.74) is 2.91. The zero-order valence-corrected chi connectivity index (χ0v) is 18.7. The van der Waals surface area contributed by atoms with Gasteiger partial charge in [0.25, 0.3) is 0 Å². The summed E-state index contributed by atoms with van der Waals surface area (Å²) >= 11 is 1.52. The summed E-state index contributed by atoms with van der Waals surface area (Å²) in [6.07, 6.45) is 2.32. The predicted octanol–water partition coefficient (Wildman–Crippen LogP) is 5.22. The van der Waals surface area contributed by atoms with Gasteiger partial charge in [-0.15, -0.1) is 20.4 Å². The number of nitrogens with zero attached hydrogens (tertiary/aromatic N) is 6. The standard InChI is InChI=1S/C23H23FN6OS/c1-15-5-11-19(12-6-15)30-22(29-13-3-4-14-29)27-28-23(30)32-16(2)20-25-26-21(31-20)17-7-9-18(24)10-8-17/h5-12,16H,3-4,13-14H2,1-2H3/t16-/m1/s1. The van der Waals surface area contributed by atoms with Crippen LogP contribution in [0.5, 0.6) is 0 Å². The molecule has 0 bridgehead atoms. The molecule has 0 radical (unpaired) electrons. The highest BCUT2D eigenvalue weighted by Crippen LogP contribution is 2.37. The molecule has 0 aliphatic carbocycles. The van der Waals surface area contributed by atoms with Crippen LogP contribution in [0.1, 0.15) is 36.5 Å². The van der Waals surface area contributed by atoms with Crippen molar-refractivity contribution in [2.75, 3.05) is 18.0 Å². The molecule has 164 valence electrons. The van der Waals surface area contributed by atoms with Crippen molar-refractivity contribution in [3.63, 3.8) is 0 Å². The zero-order valence-electron chi connectivity index (χ0n) is 17.9. The van der Waals surface area contributed by atoms with E-state index in [0.29, 0.717) is 17.3 Å². The number of benzene rings is 2. The number of aryl methyl sites for hydroxylation is 1. The van der Waals surface area contributed by atoms with E-state index in [4.69, 9.17) is 4.42 Å². The largest absolute Gasteiger partial charge is 0.419 e. The molecule has 1 atom stereocenters. The lowest BCUT2D eigenvalue weighted by Gasteiger charge is -2.19. The minimum Gasteiger partial charge on any atom is -0.419 e. The van der Waals surface area contributed by atoms with Crippen molar-refractivity contribution in [1.29, 1.82) is 0 Å². The van der Waals surface area contributed by atoms with Crippen molar-refractivity contribution in [2.24, 2.45) is 0 Å². The van der Waals surface area contributed by atoms with E-state index in [9.17, 15) is 4.39 Å². The molecule has 1 fully saturated rings. The van der Waals surface area contributed by atoms with Gasteiger partial charge in [0.05, 0.1) is 10.9 Å². The van der Waals surface area contributed by atoms with Gasteiger partial charge in [0.15, 0.2) is 5.16 Å². The second-order valence-electron chi connectivity index (χ2n) is 7.86. The van der Waals surface area contributed by atoms with Gasteiger partial charge in [-0.05, 0) is 63.1 Å². The van der Waals surface area contributed by atoms with Crippen molar-refractivity contribution in [3.05, 3.63) is 65.8 Å². The van der Waals surface area contributed by atoms with Gasteiger partial charge < -0.3 is 9.32 Å². The van der Waals surface area contributed by atoms with Gasteiger partial charge in [0.2, 0.25) is 17.7 Å². The van der Waals surface area contributed by atoms with Crippen molar-refractivity contribution < 1.29 is 8.81 Å². The van der Waals surface area contributed by atoms with Crippen molar-refractivity contribution >= 4 is 17.7 Å². The van der Waals surface area contributed by atoms with Crippen LogP contribution >= 0.6 is 11.8 Å². The molecule has 2 aromatic heterocycles. The Morgan fingerprint density at radius 3 is 2.38 bits per heavy atom. The molecule has 0 N–H and O–H groups in total. The molecule has 32 heavy (non-hydrogen) atoms. The van der Waals surface area contributed by atoms with E-state index in [1.165, 1.54) is 29.5 Å². The second-order valence-corrected chi connectivity index (χ2v) is 9.17. The highest BCUT2D eigenvalue weighted by Gasteiger charge is 2.25. The molecule has 5 rings (SSSR count). The first-order valence-corrected chi connectivity index (χ1v) is 11.5. The van der Waals surface area contributed by atoms with Crippen LogP contribution < -0.4 is 4.90 Å². The summed E-state index contributed by atoms with van der Waals surface area (Å²) in [7, 11) is 0. The minimum absolute atomic E-state index is 0.142. The van der Waals surface area contributed by atoms with E-state index >= 15 is 0 Å². The maximum absolute atomic E-state index is 13.2. The van der Waals surface area contributed by atoms with Crippen molar-refractivity contribution in [2.45, 2.75) is 37.1 Å². The number of hydrogen-bond donors (Lipinski definition) is 0. The predicted molar refractivity (Wildman–Crippen MR) is 122 cm³/mol. The molecule has 1 aliphatic rings. The highest BCUT2D eigenvalue weighted by atomic mass is 32.2. The smallest absolute Gasteiger partial charge is 0.247 e. The number of aromatic nitrogens is 5. The van der Waals surface area contributed by atoms with Gasteiger partial charge in [-0.1, -0.05) is 29.5 Å². The van der Waals surface area contributed by atoms with Crippen LogP contribution in [0.2, 0.25) is 0 Å². The summed E-state index contributed by atoms with van der Waals surface area (Å²) < 4.78 is 21.2. The molecule has 7 nitrogen and oxygen atoms in total. The Hall–Kier alpha value is -3.20. The van der Waals surface area contributed by atoms with Crippen LogP contribution in [-0.2, 0) is 0 Å². The molecular formula is C23H23FN6OS. The van der Waals surface area contributed by atoms with Crippen LogP contribution in [0.4, 0.5) is 10.3 Å². The summed E-state index contributed by atoms with van der Waals surface area (Å²) in [6.45, 7) is 6.03. The summed E-state index contributed by atoms with van der Waals surface area (Å²) in [6, 6.07) is 14.4. The Morgan fingerprint density at radius 2 is 1.66 bits per heavy atom. The van der Waals surface area contributed by atoms with E-state index < -0.39 is 0 Å². The third-order valence-corrected chi connectivity index (χ3v) is 6.49. The fraction of sp³-hybridized carbons (Fsp3) is 0.304. The summed E-state index contributed by atoms with van der Waals surface area (Å²) in [5, 5.41) is 18.0. The Morgan fingerprint density at radius 1 is 0.938 bits per heavy atom. The van der Waals surface area contributed by atoms with Gasteiger partial charge in [-0.3, -0.25) is 4.57 Å². The Kier molecular flexibility index (Phi) is 5.65. The van der Waals surface area contributed by atoms with Crippen LogP contribution in [0.25, 0.3) is 17.1 Å². The molecule has 4 aromatic rings. The monoisotopic (exact) mass is 450 g/mol. The molecule has 0 saturated carbocycles. The SMILES string of the molecule is Cc1ccc(-n2c(S[C@H](C)c3nnc(-c4ccc(F)cc4)o3)nnc2N2CCCC2)cc1. The molecule has 9 heteroatoms. The number of halogens is 1. The van der Waals surface area contributed by atoms with E-state index in [0.717, 1.165) is 42.7 Å². The summed E-state index contributed by atoms with van der Waals surface area (Å²) in [4.78, 5) is 2.28. The quantitative estimate of drug-likeness (QED) is 0.373. The van der Waals surface area contributed by atoms with Gasteiger partial charge in [0, 0.05) is 18.7 Å². The van der Waals surface area contributed by atoms with Gasteiger partial charge in [0.1, 0.15) is 5.82 Å². The lowest BCUT2D eigenvalue weighted by Crippen LogP contribution is -2.22. The van der Waals surface area contributed by atoms with Crippen LogP contribution in [0.15, 0.2) is 58.1 Å². The second kappa shape index (κ2) is 8.74. The average molecular weight is 451 g/mol. The fourth-order valence-electron chi connectivity index (χ4n) is 3.70. The third kappa shape index (κ3) is 4.12. The number of thioether (sulfide) groups is 1.